The lowest BCUT2D eigenvalue weighted by Crippen LogP contribution is -2.30. The van der Waals surface area contributed by atoms with Gasteiger partial charge in [-0.15, -0.1) is 0 Å². The third kappa shape index (κ3) is 2.83. The minimum atomic E-state index is -0.814. The van der Waals surface area contributed by atoms with Gasteiger partial charge in [-0.05, 0) is 39.3 Å². The first kappa shape index (κ1) is 20.2. The van der Waals surface area contributed by atoms with E-state index >= 15 is 0 Å². The number of hydrogen-bond donors (Lipinski definition) is 3. The van der Waals surface area contributed by atoms with Crippen molar-refractivity contribution < 1.29 is 29.6 Å². The number of fused-ring (bicyclic) bond motifs is 4. The molecule has 0 fully saturated rings. The summed E-state index contributed by atoms with van der Waals surface area (Å²) in [6.45, 7) is 7.47. The van der Waals surface area contributed by atoms with Crippen molar-refractivity contribution in [1.82, 2.24) is 0 Å². The van der Waals surface area contributed by atoms with Gasteiger partial charge in [-0.25, -0.2) is 0 Å². The molecule has 164 valence electrons. The number of carbonyl (C=O) groups is 1. The molecule has 2 aliphatic rings. The molecular weight excluding hydrogens is 408 g/mol. The lowest BCUT2D eigenvalue weighted by molar-refractivity contribution is 0.0887. The molecule has 5 rings (SSSR count). The van der Waals surface area contributed by atoms with E-state index in [1.54, 1.807) is 12.1 Å². The molecule has 6 heteroatoms. The van der Waals surface area contributed by atoms with Gasteiger partial charge in [-0.1, -0.05) is 23.8 Å². The second-order valence-electron chi connectivity index (χ2n) is 9.04. The van der Waals surface area contributed by atoms with E-state index in [9.17, 15) is 20.1 Å². The molecule has 1 atom stereocenters. The van der Waals surface area contributed by atoms with Crippen LogP contribution in [0.25, 0.3) is 11.1 Å². The first-order valence-corrected chi connectivity index (χ1v) is 10.5. The van der Waals surface area contributed by atoms with Crippen LogP contribution in [0.1, 0.15) is 52.4 Å². The minimum Gasteiger partial charge on any atom is -0.508 e. The SMILES string of the molecule is Cc1ccc2c(c1)-c1cc([C@H]3COc4cc(O)c(C)c(O)c4C3=O)c(O)cc1OC2(C)C. The minimum absolute atomic E-state index is 0.0160. The molecule has 2 heterocycles. The predicted molar refractivity (Wildman–Crippen MR) is 119 cm³/mol. The largest absolute Gasteiger partial charge is 0.508 e. The molecule has 0 radical (unpaired) electrons. The molecule has 0 unspecified atom stereocenters. The Hall–Kier alpha value is -3.67. The molecule has 3 N–H and O–H groups in total. The Morgan fingerprint density at radius 1 is 0.938 bits per heavy atom. The Morgan fingerprint density at radius 3 is 2.41 bits per heavy atom. The molecular formula is C26H24O6. The summed E-state index contributed by atoms with van der Waals surface area (Å²) < 4.78 is 11.9. The standard InChI is InChI=1S/C26H24O6/c1-12-5-6-18-14(7-12)16-8-15(20(28)10-21(16)32-26(18,3)4)17-11-31-22-9-19(27)13(2)24(29)23(22)25(17)30/h5-10,17,27-29H,11H2,1-4H3/t17-/m1/s1. The summed E-state index contributed by atoms with van der Waals surface area (Å²) >= 11 is 0. The van der Waals surface area contributed by atoms with Crippen LogP contribution in [0.3, 0.4) is 0 Å². The van der Waals surface area contributed by atoms with Gasteiger partial charge in [0, 0.05) is 34.4 Å². The maximum atomic E-state index is 13.4. The molecule has 32 heavy (non-hydrogen) atoms. The molecule has 3 aromatic rings. The molecule has 2 aliphatic heterocycles. The summed E-state index contributed by atoms with van der Waals surface area (Å²) in [4.78, 5) is 13.4. The first-order chi connectivity index (χ1) is 15.1. The maximum absolute atomic E-state index is 13.4. The van der Waals surface area contributed by atoms with Gasteiger partial charge < -0.3 is 24.8 Å². The summed E-state index contributed by atoms with van der Waals surface area (Å²) in [5.74, 6) is -1.03. The number of phenols is 3. The van der Waals surface area contributed by atoms with Crippen LogP contribution in [-0.2, 0) is 5.60 Å². The van der Waals surface area contributed by atoms with Crippen LogP contribution in [0.15, 0.2) is 36.4 Å². The Balaban J connectivity index is 1.66. The number of rotatable bonds is 1. The lowest BCUT2D eigenvalue weighted by atomic mass is 9.82. The summed E-state index contributed by atoms with van der Waals surface area (Å²) in [6.07, 6.45) is 0. The normalized spacial score (nSPS) is 18.1. The quantitative estimate of drug-likeness (QED) is 0.497. The van der Waals surface area contributed by atoms with Crippen LogP contribution >= 0.6 is 0 Å². The second kappa shape index (κ2) is 6.66. The fraction of sp³-hybridized carbons (Fsp3) is 0.269. The summed E-state index contributed by atoms with van der Waals surface area (Å²) in [7, 11) is 0. The Bertz CT molecular complexity index is 1300. The molecule has 0 spiro atoms. The van der Waals surface area contributed by atoms with Crippen molar-refractivity contribution in [2.45, 2.75) is 39.2 Å². The zero-order chi connectivity index (χ0) is 22.9. The van der Waals surface area contributed by atoms with Crippen molar-refractivity contribution in [3.8, 4) is 39.9 Å². The van der Waals surface area contributed by atoms with Crippen molar-refractivity contribution in [3.63, 3.8) is 0 Å². The fourth-order valence-electron chi connectivity index (χ4n) is 4.63. The highest BCUT2D eigenvalue weighted by atomic mass is 16.5. The summed E-state index contributed by atoms with van der Waals surface area (Å²) in [6, 6.07) is 10.8. The first-order valence-electron chi connectivity index (χ1n) is 10.5. The molecule has 0 amide bonds. The molecule has 6 nitrogen and oxygen atoms in total. The number of ether oxygens (including phenoxy) is 2. The maximum Gasteiger partial charge on any atom is 0.181 e. The van der Waals surface area contributed by atoms with Crippen LogP contribution in [0.4, 0.5) is 0 Å². The van der Waals surface area contributed by atoms with Gasteiger partial charge in [0.2, 0.25) is 0 Å². The summed E-state index contributed by atoms with van der Waals surface area (Å²) in [5.41, 5.74) is 3.95. The molecule has 0 saturated carbocycles. The average molecular weight is 432 g/mol. The van der Waals surface area contributed by atoms with Crippen molar-refractivity contribution in [1.29, 1.82) is 0 Å². The van der Waals surface area contributed by atoms with Crippen LogP contribution in [0, 0.1) is 13.8 Å². The highest BCUT2D eigenvalue weighted by molar-refractivity contribution is 6.07. The van der Waals surface area contributed by atoms with Gasteiger partial charge in [-0.3, -0.25) is 4.79 Å². The average Bonchev–Trinajstić information content (AvgIpc) is 2.72. The van der Waals surface area contributed by atoms with E-state index in [0.29, 0.717) is 11.3 Å². The number of ketones is 1. The van der Waals surface area contributed by atoms with E-state index in [1.165, 1.54) is 13.0 Å². The van der Waals surface area contributed by atoms with Gasteiger partial charge >= 0.3 is 0 Å². The lowest BCUT2D eigenvalue weighted by Gasteiger charge is -2.36. The number of aryl methyl sites for hydroxylation is 1. The topological polar surface area (TPSA) is 96.2 Å². The third-order valence-electron chi connectivity index (χ3n) is 6.44. The second-order valence-corrected chi connectivity index (χ2v) is 9.04. The molecule has 0 aliphatic carbocycles. The highest BCUT2D eigenvalue weighted by Crippen LogP contribution is 2.50. The molecule has 0 aromatic heterocycles. The van der Waals surface area contributed by atoms with Crippen molar-refractivity contribution in [3.05, 3.63) is 64.2 Å². The number of hydrogen-bond acceptors (Lipinski definition) is 6. The Kier molecular flexibility index (Phi) is 4.21. The van der Waals surface area contributed by atoms with E-state index in [0.717, 1.165) is 22.3 Å². The van der Waals surface area contributed by atoms with Gasteiger partial charge in [0.15, 0.2) is 5.78 Å². The van der Waals surface area contributed by atoms with Crippen molar-refractivity contribution in [2.24, 2.45) is 0 Å². The monoisotopic (exact) mass is 432 g/mol. The highest BCUT2D eigenvalue weighted by Gasteiger charge is 2.38. The number of benzene rings is 3. The van der Waals surface area contributed by atoms with Gasteiger partial charge in [0.25, 0.3) is 0 Å². The zero-order valence-electron chi connectivity index (χ0n) is 18.3. The van der Waals surface area contributed by atoms with E-state index in [4.69, 9.17) is 9.47 Å². The number of aromatic hydroxyl groups is 3. The Labute approximate surface area is 185 Å². The molecule has 0 bridgehead atoms. The van der Waals surface area contributed by atoms with E-state index in [1.807, 2.05) is 32.9 Å². The van der Waals surface area contributed by atoms with Gasteiger partial charge in [0.05, 0.1) is 5.92 Å². The molecule has 0 saturated heterocycles. The van der Waals surface area contributed by atoms with E-state index in [-0.39, 0.29) is 46.5 Å². The van der Waals surface area contributed by atoms with Gasteiger partial charge in [0.1, 0.15) is 46.5 Å². The number of Topliss-reactive ketones (excluding diaryl/α,β-unsaturated/α-hetero) is 1. The summed E-state index contributed by atoms with van der Waals surface area (Å²) in [5, 5.41) is 31.3. The fourth-order valence-corrected chi connectivity index (χ4v) is 4.63. The van der Waals surface area contributed by atoms with Crippen LogP contribution < -0.4 is 9.47 Å². The van der Waals surface area contributed by atoms with Crippen LogP contribution in [-0.4, -0.2) is 27.7 Å². The zero-order valence-corrected chi connectivity index (χ0v) is 18.3. The molecule has 3 aromatic carbocycles. The van der Waals surface area contributed by atoms with Crippen LogP contribution in [0.2, 0.25) is 0 Å². The van der Waals surface area contributed by atoms with Crippen LogP contribution in [0.5, 0.6) is 28.7 Å². The number of carbonyl (C=O) groups excluding carboxylic acids is 1. The smallest absolute Gasteiger partial charge is 0.181 e. The van der Waals surface area contributed by atoms with Crippen molar-refractivity contribution in [2.75, 3.05) is 6.61 Å². The van der Waals surface area contributed by atoms with Gasteiger partial charge in [-0.2, -0.15) is 0 Å². The Morgan fingerprint density at radius 2 is 1.66 bits per heavy atom. The number of phenolic OH excluding ortho intramolecular Hbond substituents is 3. The van der Waals surface area contributed by atoms with Crippen molar-refractivity contribution >= 4 is 5.78 Å². The predicted octanol–water partition coefficient (Wildman–Crippen LogP) is 5.07. The van der Waals surface area contributed by atoms with E-state index < -0.39 is 11.5 Å². The van der Waals surface area contributed by atoms with E-state index in [2.05, 4.69) is 6.07 Å². The third-order valence-corrected chi connectivity index (χ3v) is 6.44.